The van der Waals surface area contributed by atoms with Crippen molar-refractivity contribution < 1.29 is 4.74 Å². The quantitative estimate of drug-likeness (QED) is 0.580. The average Bonchev–Trinajstić information content (AvgIpc) is 2.59. The van der Waals surface area contributed by atoms with E-state index >= 15 is 0 Å². The van der Waals surface area contributed by atoms with Crippen LogP contribution < -0.4 is 4.74 Å². The smallest absolute Gasteiger partial charge is 0.119 e. The first-order chi connectivity index (χ1) is 12.3. The Kier molecular flexibility index (Phi) is 7.02. The molecule has 2 aromatic rings. The molecule has 0 aromatic heterocycles. The molecule has 1 aliphatic rings. The van der Waals surface area contributed by atoms with Gasteiger partial charge in [-0.05, 0) is 72.5 Å². The second-order valence-corrected chi connectivity index (χ2v) is 8.51. The molecular formula is C23H29Cl2NO. The van der Waals surface area contributed by atoms with E-state index in [1.165, 1.54) is 22.3 Å². The number of nitrogens with zero attached hydrogens (tertiary/aromatic N) is 1. The topological polar surface area (TPSA) is 12.5 Å². The Labute approximate surface area is 174 Å². The molecule has 1 unspecified atom stereocenters. The molecule has 3 rings (SSSR count). The van der Waals surface area contributed by atoms with Gasteiger partial charge in [0.05, 0.1) is 0 Å². The zero-order valence-corrected chi connectivity index (χ0v) is 18.2. The van der Waals surface area contributed by atoms with Crippen LogP contribution in [0.1, 0.15) is 42.9 Å². The summed E-state index contributed by atoms with van der Waals surface area (Å²) in [6.45, 7) is 10.6. The number of allylic oxidation sites excluding steroid dienone is 1. The van der Waals surface area contributed by atoms with E-state index in [0.717, 1.165) is 23.7 Å². The van der Waals surface area contributed by atoms with Crippen molar-refractivity contribution in [2.75, 3.05) is 27.2 Å². The van der Waals surface area contributed by atoms with Crippen molar-refractivity contribution in [2.45, 2.75) is 26.2 Å². The molecule has 0 N–H and O–H groups in total. The average molecular weight is 406 g/mol. The van der Waals surface area contributed by atoms with Crippen molar-refractivity contribution in [2.24, 2.45) is 5.41 Å². The molecule has 4 heteroatoms. The van der Waals surface area contributed by atoms with E-state index in [-0.39, 0.29) is 17.8 Å². The van der Waals surface area contributed by atoms with E-state index in [4.69, 9.17) is 16.3 Å². The van der Waals surface area contributed by atoms with Crippen molar-refractivity contribution in [3.63, 3.8) is 0 Å². The monoisotopic (exact) mass is 405 g/mol. The molecule has 0 spiro atoms. The number of hydrogen-bond acceptors (Lipinski definition) is 2. The van der Waals surface area contributed by atoms with Gasteiger partial charge in [-0.1, -0.05) is 50.2 Å². The van der Waals surface area contributed by atoms with Gasteiger partial charge in [-0.15, -0.1) is 12.4 Å². The molecule has 0 radical (unpaired) electrons. The summed E-state index contributed by atoms with van der Waals surface area (Å²) in [4.78, 5) is 2.12. The first-order valence-corrected chi connectivity index (χ1v) is 9.52. The zero-order valence-electron chi connectivity index (χ0n) is 16.6. The van der Waals surface area contributed by atoms with Gasteiger partial charge < -0.3 is 9.64 Å². The molecule has 0 saturated heterocycles. The predicted octanol–water partition coefficient (Wildman–Crippen LogP) is 6.28. The highest BCUT2D eigenvalue weighted by Gasteiger charge is 2.36. The van der Waals surface area contributed by atoms with Crippen molar-refractivity contribution in [3.8, 4) is 5.75 Å². The molecule has 0 amide bonds. The van der Waals surface area contributed by atoms with Gasteiger partial charge in [0.25, 0.3) is 0 Å². The third-order valence-corrected chi connectivity index (χ3v) is 5.59. The normalized spacial score (nSPS) is 18.0. The van der Waals surface area contributed by atoms with Gasteiger partial charge in [0.15, 0.2) is 0 Å². The summed E-state index contributed by atoms with van der Waals surface area (Å²) in [6, 6.07) is 14.7. The summed E-state index contributed by atoms with van der Waals surface area (Å²) in [7, 11) is 4.11. The maximum atomic E-state index is 6.09. The summed E-state index contributed by atoms with van der Waals surface area (Å²) in [5, 5.41) is 0.776. The third kappa shape index (κ3) is 4.87. The second kappa shape index (κ2) is 8.68. The molecule has 0 bridgehead atoms. The summed E-state index contributed by atoms with van der Waals surface area (Å²) in [5.41, 5.74) is 5.09. The van der Waals surface area contributed by atoms with Gasteiger partial charge in [-0.3, -0.25) is 0 Å². The van der Waals surface area contributed by atoms with E-state index in [1.807, 2.05) is 12.1 Å². The van der Waals surface area contributed by atoms with Crippen LogP contribution in [-0.2, 0) is 0 Å². The zero-order chi connectivity index (χ0) is 18.9. The van der Waals surface area contributed by atoms with Crippen molar-refractivity contribution >= 4 is 29.6 Å². The molecule has 1 atom stereocenters. The van der Waals surface area contributed by atoms with Crippen LogP contribution in [0.2, 0.25) is 5.02 Å². The number of benzene rings is 2. The predicted molar refractivity (Wildman–Crippen MR) is 118 cm³/mol. The molecular weight excluding hydrogens is 377 g/mol. The highest BCUT2D eigenvalue weighted by molar-refractivity contribution is 6.30. The maximum Gasteiger partial charge on any atom is 0.119 e. The number of hydrogen-bond donors (Lipinski definition) is 0. The lowest BCUT2D eigenvalue weighted by Crippen LogP contribution is -2.25. The first-order valence-electron chi connectivity index (χ1n) is 9.14. The van der Waals surface area contributed by atoms with Crippen molar-refractivity contribution in [3.05, 3.63) is 70.8 Å². The highest BCUT2D eigenvalue weighted by Crippen LogP contribution is 2.51. The molecule has 0 saturated carbocycles. The van der Waals surface area contributed by atoms with Gasteiger partial charge in [0.1, 0.15) is 12.4 Å². The molecule has 0 fully saturated rings. The Balaban J connectivity index is 0.00000261. The molecule has 0 heterocycles. The largest absolute Gasteiger partial charge is 0.492 e. The van der Waals surface area contributed by atoms with Gasteiger partial charge in [-0.2, -0.15) is 0 Å². The fourth-order valence-corrected chi connectivity index (χ4v) is 3.76. The van der Waals surface area contributed by atoms with E-state index in [2.05, 4.69) is 69.8 Å². The lowest BCUT2D eigenvalue weighted by atomic mass is 9.65. The molecule has 2 nitrogen and oxygen atoms in total. The van der Waals surface area contributed by atoms with Crippen LogP contribution in [0.15, 0.2) is 49.0 Å². The first kappa shape index (κ1) is 21.8. The number of rotatable bonds is 5. The van der Waals surface area contributed by atoms with Gasteiger partial charge in [0.2, 0.25) is 0 Å². The molecule has 146 valence electrons. The number of likely N-dealkylation sites (N-methyl/N-ethyl adjacent to an activating group) is 1. The Bertz CT molecular complexity index is 797. The summed E-state index contributed by atoms with van der Waals surface area (Å²) in [6.07, 6.45) is 1.04. The number of ether oxygens (including phenoxy) is 1. The Morgan fingerprint density at radius 2 is 1.81 bits per heavy atom. The minimum absolute atomic E-state index is 0. The molecule has 27 heavy (non-hydrogen) atoms. The minimum atomic E-state index is 0. The number of fused-ring (bicyclic) bond motifs is 1. The molecule has 0 aliphatic heterocycles. The lowest BCUT2D eigenvalue weighted by molar-refractivity contribution is 0.261. The Morgan fingerprint density at radius 3 is 2.44 bits per heavy atom. The van der Waals surface area contributed by atoms with Crippen molar-refractivity contribution in [1.82, 2.24) is 4.90 Å². The second-order valence-electron chi connectivity index (χ2n) is 8.07. The fraction of sp³-hybridized carbons (Fsp3) is 0.391. The SMILES string of the molecule is C=C1c2cc(OCCN(C)C)ccc2C(c2ccc(Cl)cc2)CC1(C)C.Cl. The Hall–Kier alpha value is -1.48. The Morgan fingerprint density at radius 1 is 1.15 bits per heavy atom. The maximum absolute atomic E-state index is 6.09. The van der Waals surface area contributed by atoms with Gasteiger partial charge >= 0.3 is 0 Å². The minimum Gasteiger partial charge on any atom is -0.492 e. The molecule has 2 aromatic carbocycles. The van der Waals surface area contributed by atoms with E-state index in [0.29, 0.717) is 12.5 Å². The van der Waals surface area contributed by atoms with Crippen LogP contribution in [0, 0.1) is 5.41 Å². The standard InChI is InChI=1S/C23H28ClNO.ClH/c1-16-21-14-19(26-13-12-25(4)5)10-11-20(21)22(15-23(16,2)3)17-6-8-18(24)9-7-17;/h6-11,14,22H,1,12-13,15H2,2-5H3;1H. The van der Waals surface area contributed by atoms with Crippen LogP contribution in [0.25, 0.3) is 5.57 Å². The molecule has 1 aliphatic carbocycles. The van der Waals surface area contributed by atoms with Gasteiger partial charge in [0, 0.05) is 17.5 Å². The lowest BCUT2D eigenvalue weighted by Gasteiger charge is -2.39. The highest BCUT2D eigenvalue weighted by atomic mass is 35.5. The summed E-state index contributed by atoms with van der Waals surface area (Å²) >= 11 is 6.09. The van der Waals surface area contributed by atoms with Crippen LogP contribution >= 0.6 is 24.0 Å². The van der Waals surface area contributed by atoms with Crippen molar-refractivity contribution in [1.29, 1.82) is 0 Å². The van der Waals surface area contributed by atoms with Crippen LogP contribution in [0.3, 0.4) is 0 Å². The van der Waals surface area contributed by atoms with E-state index in [9.17, 15) is 0 Å². The van der Waals surface area contributed by atoms with E-state index < -0.39 is 0 Å². The number of halogens is 2. The van der Waals surface area contributed by atoms with E-state index in [1.54, 1.807) is 0 Å². The van der Waals surface area contributed by atoms with Crippen LogP contribution in [0.4, 0.5) is 0 Å². The van der Waals surface area contributed by atoms with Gasteiger partial charge in [-0.25, -0.2) is 0 Å². The summed E-state index contributed by atoms with van der Waals surface area (Å²) < 4.78 is 5.96. The summed E-state index contributed by atoms with van der Waals surface area (Å²) in [5.74, 6) is 1.26. The third-order valence-electron chi connectivity index (χ3n) is 5.34. The fourth-order valence-electron chi connectivity index (χ4n) is 3.64. The van der Waals surface area contributed by atoms with Crippen LogP contribution in [0.5, 0.6) is 5.75 Å². The van der Waals surface area contributed by atoms with Crippen LogP contribution in [-0.4, -0.2) is 32.1 Å².